The summed E-state index contributed by atoms with van der Waals surface area (Å²) in [7, 11) is 0. The summed E-state index contributed by atoms with van der Waals surface area (Å²) in [6.07, 6.45) is 1.50. The van der Waals surface area contributed by atoms with E-state index < -0.39 is 0 Å². The Labute approximate surface area is 177 Å². The lowest BCUT2D eigenvalue weighted by Crippen LogP contribution is -2.43. The van der Waals surface area contributed by atoms with E-state index in [1.54, 1.807) is 24.0 Å². The van der Waals surface area contributed by atoms with Crippen molar-refractivity contribution in [3.8, 4) is 11.1 Å². The highest BCUT2D eigenvalue weighted by atomic mass is 32.1. The maximum absolute atomic E-state index is 13.2. The van der Waals surface area contributed by atoms with Crippen molar-refractivity contribution in [1.29, 1.82) is 0 Å². The number of carbonyl (C=O) groups excluding carboxylic acids is 2. The number of rotatable bonds is 4. The average Bonchev–Trinajstić information content (AvgIpc) is 3.20. The molecule has 0 spiro atoms. The van der Waals surface area contributed by atoms with Gasteiger partial charge < -0.3 is 10.2 Å². The van der Waals surface area contributed by atoms with Gasteiger partial charge in [-0.1, -0.05) is 28.8 Å². The predicted octanol–water partition coefficient (Wildman–Crippen LogP) is 4.14. The number of hydrogen-bond donors (Lipinski definition) is 1. The van der Waals surface area contributed by atoms with Gasteiger partial charge in [0.2, 0.25) is 5.91 Å². The fourth-order valence-electron chi connectivity index (χ4n) is 3.61. The van der Waals surface area contributed by atoms with Gasteiger partial charge in [-0.2, -0.15) is 0 Å². The predicted molar refractivity (Wildman–Crippen MR) is 114 cm³/mol. The third-order valence-corrected chi connectivity index (χ3v) is 6.05. The van der Waals surface area contributed by atoms with Crippen LogP contribution < -0.4 is 5.32 Å². The summed E-state index contributed by atoms with van der Waals surface area (Å²) in [6, 6.07) is 13.7. The standard InChI is InChI=1S/C22H21FN4O2S/c1-14-20(30-26-25-14)22(29)27-11-3-5-17(13-27)21(28)24-19-6-2-4-16(12-19)15-7-9-18(23)10-8-15/h2,4,6-10,12,17H,3,5,11,13H2,1H3,(H,24,28)/t17-/m1/s1. The molecule has 1 N–H and O–H groups in total. The Morgan fingerprint density at radius 1 is 1.17 bits per heavy atom. The Kier molecular flexibility index (Phi) is 5.85. The molecule has 30 heavy (non-hydrogen) atoms. The number of halogens is 1. The maximum atomic E-state index is 13.2. The fourth-order valence-corrected chi connectivity index (χ4v) is 4.24. The summed E-state index contributed by atoms with van der Waals surface area (Å²) >= 11 is 1.09. The Balaban J connectivity index is 1.43. The second-order valence-electron chi connectivity index (χ2n) is 7.35. The van der Waals surface area contributed by atoms with E-state index >= 15 is 0 Å². The van der Waals surface area contributed by atoms with E-state index in [0.29, 0.717) is 29.3 Å². The van der Waals surface area contributed by atoms with Crippen molar-refractivity contribution in [3.63, 3.8) is 0 Å². The first-order valence-corrected chi connectivity index (χ1v) is 10.5. The van der Waals surface area contributed by atoms with E-state index in [1.807, 2.05) is 24.3 Å². The van der Waals surface area contributed by atoms with Crippen LogP contribution in [0.5, 0.6) is 0 Å². The molecule has 6 nitrogen and oxygen atoms in total. The van der Waals surface area contributed by atoms with Gasteiger partial charge in [0.05, 0.1) is 11.6 Å². The minimum absolute atomic E-state index is 0.108. The van der Waals surface area contributed by atoms with Crippen LogP contribution in [-0.4, -0.2) is 39.4 Å². The Morgan fingerprint density at radius 2 is 1.97 bits per heavy atom. The fraction of sp³-hybridized carbons (Fsp3) is 0.273. The van der Waals surface area contributed by atoms with Crippen LogP contribution in [0, 0.1) is 18.7 Å². The molecule has 2 amide bonds. The number of nitrogens with one attached hydrogen (secondary N) is 1. The molecule has 154 valence electrons. The summed E-state index contributed by atoms with van der Waals surface area (Å²) in [5.41, 5.74) is 3.05. The molecular weight excluding hydrogens is 403 g/mol. The van der Waals surface area contributed by atoms with Crippen molar-refractivity contribution in [3.05, 3.63) is 64.9 Å². The molecule has 1 aromatic heterocycles. The third kappa shape index (κ3) is 4.38. The van der Waals surface area contributed by atoms with Gasteiger partial charge in [-0.05, 0) is 66.7 Å². The lowest BCUT2D eigenvalue weighted by atomic mass is 9.96. The second-order valence-corrected chi connectivity index (χ2v) is 8.11. The molecule has 0 unspecified atom stereocenters. The molecule has 4 rings (SSSR count). The molecular formula is C22H21FN4O2S. The molecule has 2 aromatic carbocycles. The van der Waals surface area contributed by atoms with E-state index in [2.05, 4.69) is 14.9 Å². The lowest BCUT2D eigenvalue weighted by molar-refractivity contribution is -0.121. The van der Waals surface area contributed by atoms with Gasteiger partial charge in [0.1, 0.15) is 10.7 Å². The molecule has 2 heterocycles. The van der Waals surface area contributed by atoms with E-state index in [1.165, 1.54) is 12.1 Å². The largest absolute Gasteiger partial charge is 0.337 e. The van der Waals surface area contributed by atoms with Crippen molar-refractivity contribution in [1.82, 2.24) is 14.5 Å². The second kappa shape index (κ2) is 8.71. The molecule has 8 heteroatoms. The van der Waals surface area contributed by atoms with Crippen molar-refractivity contribution in [2.75, 3.05) is 18.4 Å². The number of anilines is 1. The van der Waals surface area contributed by atoms with Gasteiger partial charge in [-0.15, -0.1) is 5.10 Å². The number of piperidine rings is 1. The SMILES string of the molecule is Cc1nnsc1C(=O)N1CCC[C@@H](C(=O)Nc2cccc(-c3ccc(F)cc3)c2)C1. The summed E-state index contributed by atoms with van der Waals surface area (Å²) in [6.45, 7) is 2.76. The zero-order valence-electron chi connectivity index (χ0n) is 16.5. The van der Waals surface area contributed by atoms with Crippen molar-refractivity contribution < 1.29 is 14.0 Å². The van der Waals surface area contributed by atoms with Gasteiger partial charge in [0.25, 0.3) is 5.91 Å². The molecule has 0 bridgehead atoms. The number of carbonyl (C=O) groups is 2. The number of aryl methyl sites for hydroxylation is 1. The van der Waals surface area contributed by atoms with E-state index in [9.17, 15) is 14.0 Å². The molecule has 1 fully saturated rings. The smallest absolute Gasteiger partial charge is 0.267 e. The highest BCUT2D eigenvalue weighted by molar-refractivity contribution is 7.07. The highest BCUT2D eigenvalue weighted by Crippen LogP contribution is 2.25. The summed E-state index contributed by atoms with van der Waals surface area (Å²) in [5, 5.41) is 6.87. The Morgan fingerprint density at radius 3 is 2.70 bits per heavy atom. The summed E-state index contributed by atoms with van der Waals surface area (Å²) in [4.78, 5) is 27.8. The minimum Gasteiger partial charge on any atom is -0.337 e. The zero-order chi connectivity index (χ0) is 21.1. The van der Waals surface area contributed by atoms with Crippen LogP contribution in [0.2, 0.25) is 0 Å². The van der Waals surface area contributed by atoms with Crippen LogP contribution >= 0.6 is 11.5 Å². The van der Waals surface area contributed by atoms with Gasteiger partial charge in [-0.25, -0.2) is 4.39 Å². The first-order chi connectivity index (χ1) is 14.5. The normalized spacial score (nSPS) is 16.3. The Bertz CT molecular complexity index is 1070. The first-order valence-electron chi connectivity index (χ1n) is 9.76. The van der Waals surface area contributed by atoms with Crippen molar-refractivity contribution in [2.45, 2.75) is 19.8 Å². The average molecular weight is 425 g/mol. The van der Waals surface area contributed by atoms with Crippen LogP contribution in [-0.2, 0) is 4.79 Å². The van der Waals surface area contributed by atoms with Crippen LogP contribution in [0.15, 0.2) is 48.5 Å². The van der Waals surface area contributed by atoms with Gasteiger partial charge in [-0.3, -0.25) is 9.59 Å². The molecule has 1 aliphatic rings. The van der Waals surface area contributed by atoms with Crippen LogP contribution in [0.25, 0.3) is 11.1 Å². The summed E-state index contributed by atoms with van der Waals surface area (Å²) in [5.74, 6) is -0.788. The molecule has 0 saturated carbocycles. The molecule has 0 aliphatic carbocycles. The van der Waals surface area contributed by atoms with Crippen molar-refractivity contribution in [2.24, 2.45) is 5.92 Å². The number of aromatic nitrogens is 2. The monoisotopic (exact) mass is 424 g/mol. The summed E-state index contributed by atoms with van der Waals surface area (Å²) < 4.78 is 17.0. The highest BCUT2D eigenvalue weighted by Gasteiger charge is 2.30. The van der Waals surface area contributed by atoms with Crippen LogP contribution in [0.4, 0.5) is 10.1 Å². The minimum atomic E-state index is -0.288. The molecule has 1 saturated heterocycles. The van der Waals surface area contributed by atoms with Gasteiger partial charge >= 0.3 is 0 Å². The van der Waals surface area contributed by atoms with Crippen molar-refractivity contribution >= 4 is 29.0 Å². The van der Waals surface area contributed by atoms with E-state index in [0.717, 1.165) is 35.5 Å². The molecule has 0 radical (unpaired) electrons. The number of nitrogens with zero attached hydrogens (tertiary/aromatic N) is 3. The quantitative estimate of drug-likeness (QED) is 0.683. The van der Waals surface area contributed by atoms with Crippen LogP contribution in [0.3, 0.4) is 0 Å². The zero-order valence-corrected chi connectivity index (χ0v) is 17.3. The maximum Gasteiger partial charge on any atom is 0.267 e. The van der Waals surface area contributed by atoms with E-state index in [-0.39, 0.29) is 23.5 Å². The third-order valence-electron chi connectivity index (χ3n) is 5.23. The first kappa shape index (κ1) is 20.2. The Hall–Kier alpha value is -3.13. The van der Waals surface area contributed by atoms with Gasteiger partial charge in [0, 0.05) is 18.8 Å². The number of likely N-dealkylation sites (tertiary alicyclic amines) is 1. The van der Waals surface area contributed by atoms with Gasteiger partial charge in [0.15, 0.2) is 0 Å². The molecule has 1 atom stereocenters. The number of benzene rings is 2. The molecule has 3 aromatic rings. The molecule has 1 aliphatic heterocycles. The number of amides is 2. The van der Waals surface area contributed by atoms with E-state index in [4.69, 9.17) is 0 Å². The van der Waals surface area contributed by atoms with Crippen LogP contribution in [0.1, 0.15) is 28.2 Å². The number of hydrogen-bond acceptors (Lipinski definition) is 5. The lowest BCUT2D eigenvalue weighted by Gasteiger charge is -2.31. The topological polar surface area (TPSA) is 75.2 Å².